The van der Waals surface area contributed by atoms with Gasteiger partial charge in [-0.25, -0.2) is 9.78 Å². The van der Waals surface area contributed by atoms with Gasteiger partial charge in [-0.15, -0.1) is 11.3 Å². The number of nitrogens with zero attached hydrogens (tertiary/aromatic N) is 1. The largest absolute Gasteiger partial charge is 0.497 e. The highest BCUT2D eigenvalue weighted by Crippen LogP contribution is 2.31. The molecular weight excluding hydrogens is 416 g/mol. The lowest BCUT2D eigenvalue weighted by molar-refractivity contribution is -0.130. The number of aromatic nitrogens is 1. The van der Waals surface area contributed by atoms with Gasteiger partial charge in [0.25, 0.3) is 5.91 Å². The molecule has 0 spiro atoms. The van der Waals surface area contributed by atoms with Gasteiger partial charge >= 0.3 is 5.97 Å². The predicted octanol–water partition coefficient (Wildman–Crippen LogP) is 4.00. The maximum absolute atomic E-state index is 12.6. The van der Waals surface area contributed by atoms with E-state index in [0.717, 1.165) is 22.6 Å². The summed E-state index contributed by atoms with van der Waals surface area (Å²) in [5.41, 5.74) is 1.96. The number of thiazole rings is 1. The van der Waals surface area contributed by atoms with Crippen molar-refractivity contribution in [2.45, 2.75) is 25.5 Å². The summed E-state index contributed by atoms with van der Waals surface area (Å²) in [6.07, 6.45) is -0.297. The average Bonchev–Trinajstić information content (AvgIpc) is 3.30. The Balaban J connectivity index is 1.37. The number of nitrogens with one attached hydrogen (secondary N) is 1. The molecule has 2 unspecified atom stereocenters. The first-order valence-electron chi connectivity index (χ1n) is 9.88. The van der Waals surface area contributed by atoms with Crippen molar-refractivity contribution in [1.82, 2.24) is 10.3 Å². The minimum absolute atomic E-state index is 0.173. The molecule has 3 aromatic rings. The molecule has 8 heteroatoms. The molecule has 1 N–H and O–H groups in total. The lowest BCUT2D eigenvalue weighted by Gasteiger charge is -2.27. The molecule has 0 radical (unpaired) electrons. The van der Waals surface area contributed by atoms with Gasteiger partial charge in [-0.2, -0.15) is 0 Å². The molecule has 0 fully saturated rings. The molecule has 7 nitrogen and oxygen atoms in total. The number of carbonyl (C=O) groups excluding carboxylic acids is 2. The Morgan fingerprint density at radius 1 is 1.19 bits per heavy atom. The maximum Gasteiger partial charge on any atom is 0.358 e. The number of ether oxygens (including phenoxy) is 3. The molecule has 2 aromatic carbocycles. The number of methoxy groups -OCH3 is 1. The molecule has 1 aliphatic rings. The zero-order chi connectivity index (χ0) is 21.8. The van der Waals surface area contributed by atoms with Crippen molar-refractivity contribution in [3.8, 4) is 22.1 Å². The van der Waals surface area contributed by atoms with E-state index in [0.29, 0.717) is 18.0 Å². The molecule has 2 atom stereocenters. The lowest BCUT2D eigenvalue weighted by Crippen LogP contribution is -2.39. The number of fused-ring (bicyclic) bond motifs is 1. The van der Waals surface area contributed by atoms with E-state index < -0.39 is 12.1 Å². The quantitative estimate of drug-likeness (QED) is 0.586. The van der Waals surface area contributed by atoms with Crippen molar-refractivity contribution in [2.24, 2.45) is 0 Å². The van der Waals surface area contributed by atoms with Gasteiger partial charge in [-0.3, -0.25) is 4.79 Å². The van der Waals surface area contributed by atoms with Gasteiger partial charge in [0.15, 0.2) is 11.8 Å². The van der Waals surface area contributed by atoms with Crippen LogP contribution in [-0.2, 0) is 9.53 Å². The van der Waals surface area contributed by atoms with Crippen molar-refractivity contribution in [3.63, 3.8) is 0 Å². The number of benzene rings is 2. The van der Waals surface area contributed by atoms with Crippen LogP contribution in [0.4, 0.5) is 0 Å². The molecule has 0 bridgehead atoms. The van der Waals surface area contributed by atoms with Crippen LogP contribution in [0.2, 0.25) is 0 Å². The summed E-state index contributed by atoms with van der Waals surface area (Å²) in [5, 5.41) is 5.26. The van der Waals surface area contributed by atoms with Crippen molar-refractivity contribution >= 4 is 23.2 Å². The molecule has 1 aliphatic heterocycles. The van der Waals surface area contributed by atoms with Crippen molar-refractivity contribution in [2.75, 3.05) is 13.7 Å². The minimum Gasteiger partial charge on any atom is -0.497 e. The summed E-state index contributed by atoms with van der Waals surface area (Å²) in [6.45, 7) is 2.07. The number of carbonyl (C=O) groups is 2. The number of rotatable bonds is 6. The number of esters is 1. The molecule has 1 aromatic heterocycles. The smallest absolute Gasteiger partial charge is 0.358 e. The zero-order valence-corrected chi connectivity index (χ0v) is 18.0. The Morgan fingerprint density at radius 3 is 2.74 bits per heavy atom. The third-order valence-electron chi connectivity index (χ3n) is 4.98. The van der Waals surface area contributed by atoms with E-state index in [4.69, 9.17) is 14.2 Å². The number of hydrogen-bond acceptors (Lipinski definition) is 7. The molecule has 31 heavy (non-hydrogen) atoms. The van der Waals surface area contributed by atoms with Crippen molar-refractivity contribution < 1.29 is 23.8 Å². The van der Waals surface area contributed by atoms with E-state index in [1.807, 2.05) is 48.5 Å². The monoisotopic (exact) mass is 438 g/mol. The summed E-state index contributed by atoms with van der Waals surface area (Å²) in [6, 6.07) is 14.8. The number of hydrogen-bond donors (Lipinski definition) is 1. The highest BCUT2D eigenvalue weighted by atomic mass is 32.1. The molecule has 4 rings (SSSR count). The van der Waals surface area contributed by atoms with Crippen LogP contribution in [0.1, 0.15) is 35.4 Å². The Bertz CT molecular complexity index is 1080. The summed E-state index contributed by atoms with van der Waals surface area (Å²) in [7, 11) is 1.60. The van der Waals surface area contributed by atoms with Gasteiger partial charge in [0, 0.05) is 22.9 Å². The molecule has 2 heterocycles. The van der Waals surface area contributed by atoms with Gasteiger partial charge in [-0.1, -0.05) is 18.2 Å². The van der Waals surface area contributed by atoms with Crippen LogP contribution in [0, 0.1) is 0 Å². The molecule has 0 saturated heterocycles. The van der Waals surface area contributed by atoms with Gasteiger partial charge in [0.1, 0.15) is 16.5 Å². The van der Waals surface area contributed by atoms with Gasteiger partial charge in [0.05, 0.1) is 19.8 Å². The van der Waals surface area contributed by atoms with E-state index in [9.17, 15) is 9.59 Å². The van der Waals surface area contributed by atoms with E-state index in [1.165, 1.54) is 11.3 Å². The molecule has 0 aliphatic carbocycles. The summed E-state index contributed by atoms with van der Waals surface area (Å²) >= 11 is 1.33. The van der Waals surface area contributed by atoms with E-state index in [2.05, 4.69) is 10.3 Å². The maximum atomic E-state index is 12.6. The fraction of sp³-hybridized carbons (Fsp3) is 0.261. The van der Waals surface area contributed by atoms with E-state index in [1.54, 1.807) is 19.4 Å². The summed E-state index contributed by atoms with van der Waals surface area (Å²) in [4.78, 5) is 29.5. The minimum atomic E-state index is -0.950. The van der Waals surface area contributed by atoms with Crippen LogP contribution >= 0.6 is 11.3 Å². The highest BCUT2D eigenvalue weighted by Gasteiger charge is 2.27. The number of para-hydroxylation sites is 1. The van der Waals surface area contributed by atoms with Crippen LogP contribution in [0.3, 0.4) is 0 Å². The Hall–Kier alpha value is -3.39. The Morgan fingerprint density at radius 2 is 1.97 bits per heavy atom. The van der Waals surface area contributed by atoms with E-state index >= 15 is 0 Å². The first kappa shape index (κ1) is 20.9. The second-order valence-electron chi connectivity index (χ2n) is 7.05. The Kier molecular flexibility index (Phi) is 6.18. The van der Waals surface area contributed by atoms with Gasteiger partial charge in [-0.05, 0) is 37.3 Å². The first-order chi connectivity index (χ1) is 15.0. The normalized spacial score (nSPS) is 15.9. The average molecular weight is 439 g/mol. The lowest BCUT2D eigenvalue weighted by atomic mass is 10.0. The van der Waals surface area contributed by atoms with Gasteiger partial charge in [0.2, 0.25) is 0 Å². The van der Waals surface area contributed by atoms with Crippen LogP contribution in [-0.4, -0.2) is 36.7 Å². The second-order valence-corrected chi connectivity index (χ2v) is 7.91. The zero-order valence-electron chi connectivity index (χ0n) is 17.2. The van der Waals surface area contributed by atoms with Crippen molar-refractivity contribution in [1.29, 1.82) is 0 Å². The second kappa shape index (κ2) is 9.18. The predicted molar refractivity (Wildman–Crippen MR) is 116 cm³/mol. The standard InChI is InChI=1S/C23H22N2O5S/c1-14(21(26)24-18-11-12-29-20-6-4-3-5-17(18)20)30-23(27)19-13-31-22(25-19)15-7-9-16(28-2)10-8-15/h3-10,13-14,18H,11-12H2,1-2H3,(H,24,26). The van der Waals surface area contributed by atoms with E-state index in [-0.39, 0.29) is 17.6 Å². The van der Waals surface area contributed by atoms with Crippen LogP contribution in [0.15, 0.2) is 53.9 Å². The van der Waals surface area contributed by atoms with Gasteiger partial charge < -0.3 is 19.5 Å². The third-order valence-corrected chi connectivity index (χ3v) is 5.87. The Labute approximate surface area is 184 Å². The SMILES string of the molecule is COc1ccc(-c2nc(C(=O)OC(C)C(=O)NC3CCOc4ccccc43)cs2)cc1. The summed E-state index contributed by atoms with van der Waals surface area (Å²) < 4.78 is 16.1. The fourth-order valence-electron chi connectivity index (χ4n) is 3.29. The fourth-order valence-corrected chi connectivity index (χ4v) is 4.08. The van der Waals surface area contributed by atoms with Crippen LogP contribution in [0.5, 0.6) is 11.5 Å². The van der Waals surface area contributed by atoms with Crippen LogP contribution < -0.4 is 14.8 Å². The summed E-state index contributed by atoms with van der Waals surface area (Å²) in [5.74, 6) is 0.510. The molecular formula is C23H22N2O5S. The third kappa shape index (κ3) is 4.69. The topological polar surface area (TPSA) is 86.8 Å². The molecule has 160 valence electrons. The molecule has 1 amide bonds. The van der Waals surface area contributed by atoms with Crippen molar-refractivity contribution in [3.05, 3.63) is 65.2 Å². The first-order valence-corrected chi connectivity index (χ1v) is 10.8. The molecule has 0 saturated carbocycles. The van der Waals surface area contributed by atoms with Crippen LogP contribution in [0.25, 0.3) is 10.6 Å². The number of amides is 1. The highest BCUT2D eigenvalue weighted by molar-refractivity contribution is 7.13.